The second kappa shape index (κ2) is 6.13. The van der Waals surface area contributed by atoms with Gasteiger partial charge in [0.15, 0.2) is 5.82 Å². The van der Waals surface area contributed by atoms with E-state index >= 15 is 0 Å². The Morgan fingerprint density at radius 1 is 1.32 bits per heavy atom. The summed E-state index contributed by atoms with van der Waals surface area (Å²) in [6.07, 6.45) is 2.72. The third kappa shape index (κ3) is 2.27. The summed E-state index contributed by atoms with van der Waals surface area (Å²) >= 11 is 0. The molecule has 0 spiro atoms. The van der Waals surface area contributed by atoms with Crippen LogP contribution in [0, 0.1) is 11.3 Å². The average molecular weight is 381 g/mol. The quantitative estimate of drug-likeness (QED) is 0.740. The van der Waals surface area contributed by atoms with Crippen LogP contribution in [-0.2, 0) is 17.9 Å². The summed E-state index contributed by atoms with van der Waals surface area (Å²) in [6.45, 7) is 4.28. The smallest absolute Gasteiger partial charge is 0.311 e. The van der Waals surface area contributed by atoms with Crippen molar-refractivity contribution in [1.29, 1.82) is 0 Å². The summed E-state index contributed by atoms with van der Waals surface area (Å²) in [7, 11) is 0. The topological polar surface area (TPSA) is 92.7 Å². The van der Waals surface area contributed by atoms with E-state index in [9.17, 15) is 14.7 Å². The average Bonchev–Trinajstić information content (AvgIpc) is 3.36. The number of likely N-dealkylation sites (tertiary alicyclic amines) is 1. The lowest BCUT2D eigenvalue weighted by Crippen LogP contribution is -2.35. The van der Waals surface area contributed by atoms with E-state index in [0.29, 0.717) is 30.8 Å². The fourth-order valence-electron chi connectivity index (χ4n) is 5.27. The molecule has 1 aliphatic heterocycles. The van der Waals surface area contributed by atoms with E-state index in [-0.39, 0.29) is 11.5 Å². The summed E-state index contributed by atoms with van der Waals surface area (Å²) in [5.41, 5.74) is 0.110. The van der Waals surface area contributed by atoms with Gasteiger partial charge in [-0.15, -0.1) is 10.2 Å². The lowest BCUT2D eigenvalue weighted by Gasteiger charge is -2.23. The van der Waals surface area contributed by atoms with E-state index < -0.39 is 11.4 Å². The maximum absolute atomic E-state index is 12.8. The first-order valence-electron chi connectivity index (χ1n) is 9.86. The fourth-order valence-corrected chi connectivity index (χ4v) is 5.27. The molecule has 0 amide bonds. The second-order valence-electron chi connectivity index (χ2n) is 8.04. The SMILES string of the molecule is CCn1c(=O)c2ccccc2n2c(CN3C[C@@H]4CCC[C@@]4(C(=O)O)C3)nnc12. The van der Waals surface area contributed by atoms with Crippen molar-refractivity contribution in [1.82, 2.24) is 24.1 Å². The lowest BCUT2D eigenvalue weighted by molar-refractivity contribution is -0.149. The summed E-state index contributed by atoms with van der Waals surface area (Å²) in [5.74, 6) is 0.811. The van der Waals surface area contributed by atoms with Crippen LogP contribution in [0.3, 0.4) is 0 Å². The van der Waals surface area contributed by atoms with Gasteiger partial charge in [0.2, 0.25) is 5.78 Å². The first-order chi connectivity index (χ1) is 13.5. The van der Waals surface area contributed by atoms with E-state index in [2.05, 4.69) is 15.1 Å². The minimum Gasteiger partial charge on any atom is -0.481 e. The van der Waals surface area contributed by atoms with Gasteiger partial charge in [0.1, 0.15) is 0 Å². The van der Waals surface area contributed by atoms with Gasteiger partial charge >= 0.3 is 5.97 Å². The Hall–Kier alpha value is -2.74. The zero-order valence-electron chi connectivity index (χ0n) is 15.8. The Bertz CT molecular complexity index is 1150. The van der Waals surface area contributed by atoms with E-state index in [4.69, 9.17) is 0 Å². The van der Waals surface area contributed by atoms with E-state index in [1.54, 1.807) is 4.57 Å². The van der Waals surface area contributed by atoms with Crippen molar-refractivity contribution in [3.05, 3.63) is 40.4 Å². The Morgan fingerprint density at radius 3 is 2.89 bits per heavy atom. The molecular weight excluding hydrogens is 358 g/mol. The standard InChI is InChI=1S/C20H23N5O3/c1-2-24-17(26)14-7-3-4-8-15(14)25-16(21-22-19(24)25)11-23-10-13-6-5-9-20(13,12-23)18(27)28/h3-4,7-8,13H,2,5-6,9-12H2,1H3,(H,27,28)/t13-,20+/m0/s1. The molecule has 0 bridgehead atoms. The number of hydrogen-bond acceptors (Lipinski definition) is 5. The molecule has 28 heavy (non-hydrogen) atoms. The van der Waals surface area contributed by atoms with Crippen LogP contribution >= 0.6 is 0 Å². The zero-order chi connectivity index (χ0) is 19.5. The molecule has 2 aromatic heterocycles. The van der Waals surface area contributed by atoms with Crippen LogP contribution in [-0.4, -0.2) is 48.2 Å². The highest BCUT2D eigenvalue weighted by Gasteiger charge is 2.54. The molecule has 1 saturated carbocycles. The minimum absolute atomic E-state index is 0.0647. The number of rotatable bonds is 4. The number of carboxylic acid groups (broad SMARTS) is 1. The minimum atomic E-state index is -0.672. The number of aryl methyl sites for hydroxylation is 1. The molecule has 8 heteroatoms. The molecule has 1 aromatic carbocycles. The largest absolute Gasteiger partial charge is 0.481 e. The van der Waals surface area contributed by atoms with Crippen LogP contribution in [0.1, 0.15) is 32.0 Å². The van der Waals surface area contributed by atoms with Crippen molar-refractivity contribution in [2.45, 2.75) is 39.3 Å². The van der Waals surface area contributed by atoms with Gasteiger partial charge in [0.25, 0.3) is 5.56 Å². The van der Waals surface area contributed by atoms with Gasteiger partial charge in [-0.05, 0) is 37.8 Å². The fraction of sp³-hybridized carbons (Fsp3) is 0.500. The molecule has 1 saturated heterocycles. The number of carbonyl (C=O) groups is 1. The molecule has 8 nitrogen and oxygen atoms in total. The van der Waals surface area contributed by atoms with Gasteiger partial charge in [0, 0.05) is 19.6 Å². The summed E-state index contributed by atoms with van der Waals surface area (Å²) in [5, 5.41) is 19.2. The van der Waals surface area contributed by atoms with Gasteiger partial charge in [-0.1, -0.05) is 18.6 Å². The molecule has 146 valence electrons. The molecule has 0 radical (unpaired) electrons. The Morgan fingerprint density at radius 2 is 2.14 bits per heavy atom. The van der Waals surface area contributed by atoms with Gasteiger partial charge in [0.05, 0.1) is 22.9 Å². The van der Waals surface area contributed by atoms with Crippen molar-refractivity contribution in [3.8, 4) is 0 Å². The number of hydrogen-bond donors (Lipinski definition) is 1. The number of aliphatic carboxylic acids is 1. The normalized spacial score (nSPS) is 25.0. The maximum atomic E-state index is 12.8. The highest BCUT2D eigenvalue weighted by Crippen LogP contribution is 2.49. The molecule has 0 unspecified atom stereocenters. The lowest BCUT2D eigenvalue weighted by atomic mass is 9.81. The number of para-hydroxylation sites is 1. The molecular formula is C20H23N5O3. The molecule has 2 aliphatic rings. The van der Waals surface area contributed by atoms with Crippen LogP contribution in [0.4, 0.5) is 0 Å². The number of aromatic nitrogens is 4. The first-order valence-corrected chi connectivity index (χ1v) is 9.86. The highest BCUT2D eigenvalue weighted by molar-refractivity contribution is 5.80. The molecule has 1 N–H and O–H groups in total. The van der Waals surface area contributed by atoms with Crippen LogP contribution in [0.5, 0.6) is 0 Å². The van der Waals surface area contributed by atoms with Crippen molar-refractivity contribution in [2.24, 2.45) is 11.3 Å². The van der Waals surface area contributed by atoms with E-state index in [0.717, 1.165) is 37.1 Å². The number of benzene rings is 1. The second-order valence-corrected chi connectivity index (χ2v) is 8.04. The molecule has 3 aromatic rings. The Labute approximate surface area is 161 Å². The summed E-state index contributed by atoms with van der Waals surface area (Å²) in [6, 6.07) is 7.50. The van der Waals surface area contributed by atoms with Crippen LogP contribution in [0.15, 0.2) is 29.1 Å². The monoisotopic (exact) mass is 381 g/mol. The van der Waals surface area contributed by atoms with Crippen LogP contribution in [0.2, 0.25) is 0 Å². The van der Waals surface area contributed by atoms with Gasteiger partial charge in [-0.2, -0.15) is 0 Å². The maximum Gasteiger partial charge on any atom is 0.311 e. The molecule has 1 aliphatic carbocycles. The summed E-state index contributed by atoms with van der Waals surface area (Å²) < 4.78 is 3.58. The number of nitrogens with zero attached hydrogens (tertiary/aromatic N) is 5. The van der Waals surface area contributed by atoms with Gasteiger partial charge < -0.3 is 5.11 Å². The van der Waals surface area contributed by atoms with E-state index in [1.165, 1.54) is 0 Å². The molecule has 2 atom stereocenters. The summed E-state index contributed by atoms with van der Waals surface area (Å²) in [4.78, 5) is 26.9. The van der Waals surface area contributed by atoms with Crippen molar-refractivity contribution < 1.29 is 9.90 Å². The number of fused-ring (bicyclic) bond motifs is 4. The first kappa shape index (κ1) is 17.4. The van der Waals surface area contributed by atoms with Crippen LogP contribution in [0.25, 0.3) is 16.7 Å². The zero-order valence-corrected chi connectivity index (χ0v) is 15.8. The predicted octanol–water partition coefficient (Wildman–Crippen LogP) is 1.75. The third-order valence-corrected chi connectivity index (χ3v) is 6.62. The predicted molar refractivity (Wildman–Crippen MR) is 103 cm³/mol. The highest BCUT2D eigenvalue weighted by atomic mass is 16.4. The molecule has 5 rings (SSSR count). The third-order valence-electron chi connectivity index (χ3n) is 6.62. The van der Waals surface area contributed by atoms with Crippen molar-refractivity contribution in [2.75, 3.05) is 13.1 Å². The molecule has 2 fully saturated rings. The van der Waals surface area contributed by atoms with Crippen molar-refractivity contribution in [3.63, 3.8) is 0 Å². The Kier molecular flexibility index (Phi) is 3.80. The molecule has 3 heterocycles. The van der Waals surface area contributed by atoms with E-state index in [1.807, 2.05) is 35.6 Å². The Balaban J connectivity index is 1.59. The number of carboxylic acids is 1. The van der Waals surface area contributed by atoms with Crippen LogP contribution < -0.4 is 5.56 Å². The van der Waals surface area contributed by atoms with Gasteiger partial charge in [-0.25, -0.2) is 0 Å². The van der Waals surface area contributed by atoms with Gasteiger partial charge in [-0.3, -0.25) is 23.5 Å². The van der Waals surface area contributed by atoms with Crippen molar-refractivity contribution >= 4 is 22.6 Å².